The quantitative estimate of drug-likeness (QED) is 0.770. The molecule has 2 heterocycles. The average Bonchev–Trinajstić information content (AvgIpc) is 2.85. The van der Waals surface area contributed by atoms with E-state index in [1.54, 1.807) is 7.11 Å². The molecule has 1 atom stereocenters. The SMILES string of the molecule is COc1ccc(C2(C(=O)NC(C)c3ccc(N4CCOCC4)cc3)CCOCC2)cc1. The molecule has 2 fully saturated rings. The first-order valence-electron chi connectivity index (χ1n) is 11.1. The molecule has 2 aromatic carbocycles. The number of amides is 1. The monoisotopic (exact) mass is 424 g/mol. The van der Waals surface area contributed by atoms with Crippen LogP contribution in [0.2, 0.25) is 0 Å². The fraction of sp³-hybridized carbons (Fsp3) is 0.480. The topological polar surface area (TPSA) is 60.0 Å². The lowest BCUT2D eigenvalue weighted by molar-refractivity contribution is -0.131. The van der Waals surface area contributed by atoms with Gasteiger partial charge in [0.15, 0.2) is 0 Å². The molecule has 6 heteroatoms. The summed E-state index contributed by atoms with van der Waals surface area (Å²) in [6, 6.07) is 16.3. The van der Waals surface area contributed by atoms with Crippen molar-refractivity contribution in [1.82, 2.24) is 5.32 Å². The minimum Gasteiger partial charge on any atom is -0.497 e. The molecule has 0 spiro atoms. The highest BCUT2D eigenvalue weighted by Gasteiger charge is 2.42. The van der Waals surface area contributed by atoms with Crippen LogP contribution in [0.4, 0.5) is 5.69 Å². The Morgan fingerprint density at radius 3 is 2.19 bits per heavy atom. The molecule has 2 aromatic rings. The number of ether oxygens (including phenoxy) is 3. The smallest absolute Gasteiger partial charge is 0.231 e. The number of nitrogens with one attached hydrogen (secondary N) is 1. The minimum atomic E-state index is -0.577. The van der Waals surface area contributed by atoms with Crippen LogP contribution in [0.5, 0.6) is 5.75 Å². The van der Waals surface area contributed by atoms with E-state index in [1.165, 1.54) is 5.69 Å². The second-order valence-electron chi connectivity index (χ2n) is 8.31. The molecular weight excluding hydrogens is 392 g/mol. The summed E-state index contributed by atoms with van der Waals surface area (Å²) in [6.45, 7) is 6.58. The largest absolute Gasteiger partial charge is 0.497 e. The summed E-state index contributed by atoms with van der Waals surface area (Å²) in [4.78, 5) is 15.9. The number of hydrogen-bond acceptors (Lipinski definition) is 5. The molecule has 31 heavy (non-hydrogen) atoms. The van der Waals surface area contributed by atoms with E-state index < -0.39 is 5.41 Å². The number of carbonyl (C=O) groups excluding carboxylic acids is 1. The number of hydrogen-bond donors (Lipinski definition) is 1. The van der Waals surface area contributed by atoms with Gasteiger partial charge in [0, 0.05) is 32.0 Å². The highest BCUT2D eigenvalue weighted by atomic mass is 16.5. The normalized spacial score (nSPS) is 19.5. The van der Waals surface area contributed by atoms with Crippen molar-refractivity contribution < 1.29 is 19.0 Å². The molecule has 1 amide bonds. The van der Waals surface area contributed by atoms with Crippen molar-refractivity contribution in [2.75, 3.05) is 51.5 Å². The van der Waals surface area contributed by atoms with E-state index in [-0.39, 0.29) is 11.9 Å². The lowest BCUT2D eigenvalue weighted by atomic mass is 9.73. The van der Waals surface area contributed by atoms with Crippen LogP contribution >= 0.6 is 0 Å². The molecule has 0 saturated carbocycles. The second kappa shape index (κ2) is 9.71. The van der Waals surface area contributed by atoms with Gasteiger partial charge in [0.25, 0.3) is 0 Å². The Hall–Kier alpha value is -2.57. The summed E-state index contributed by atoms with van der Waals surface area (Å²) in [7, 11) is 1.65. The second-order valence-corrected chi connectivity index (χ2v) is 8.31. The Morgan fingerprint density at radius 2 is 1.58 bits per heavy atom. The fourth-order valence-corrected chi connectivity index (χ4v) is 4.49. The third kappa shape index (κ3) is 4.70. The summed E-state index contributed by atoms with van der Waals surface area (Å²) in [5, 5.41) is 3.27. The van der Waals surface area contributed by atoms with Crippen molar-refractivity contribution in [1.29, 1.82) is 0 Å². The molecular formula is C25H32N2O4. The number of nitrogens with zero attached hydrogens (tertiary/aromatic N) is 1. The van der Waals surface area contributed by atoms with E-state index in [0.29, 0.717) is 26.1 Å². The molecule has 1 unspecified atom stereocenters. The highest BCUT2D eigenvalue weighted by Crippen LogP contribution is 2.36. The number of carbonyl (C=O) groups is 1. The van der Waals surface area contributed by atoms with Crippen LogP contribution in [0.1, 0.15) is 36.9 Å². The maximum atomic E-state index is 13.6. The van der Waals surface area contributed by atoms with E-state index >= 15 is 0 Å². The predicted molar refractivity (Wildman–Crippen MR) is 121 cm³/mol. The van der Waals surface area contributed by atoms with Crippen LogP contribution in [0.25, 0.3) is 0 Å². The standard InChI is InChI=1S/C25H32N2O4/c1-19(20-3-7-22(8-4-20)27-13-17-31-18-14-27)26-24(28)25(11-15-30-16-12-25)21-5-9-23(29-2)10-6-21/h3-10,19H,11-18H2,1-2H3,(H,26,28). The molecule has 2 saturated heterocycles. The molecule has 1 N–H and O–H groups in total. The molecule has 6 nitrogen and oxygen atoms in total. The molecule has 0 radical (unpaired) electrons. The molecule has 0 aromatic heterocycles. The van der Waals surface area contributed by atoms with Gasteiger partial charge in [-0.2, -0.15) is 0 Å². The van der Waals surface area contributed by atoms with Gasteiger partial charge < -0.3 is 24.4 Å². The number of benzene rings is 2. The van der Waals surface area contributed by atoms with Gasteiger partial charge in [-0.3, -0.25) is 4.79 Å². The van der Waals surface area contributed by atoms with E-state index in [4.69, 9.17) is 14.2 Å². The Balaban J connectivity index is 1.48. The van der Waals surface area contributed by atoms with E-state index in [0.717, 1.165) is 43.2 Å². The number of anilines is 1. The Kier molecular flexibility index (Phi) is 6.78. The average molecular weight is 425 g/mol. The third-order valence-electron chi connectivity index (χ3n) is 6.54. The molecule has 2 aliphatic heterocycles. The van der Waals surface area contributed by atoms with Crippen molar-refractivity contribution in [2.45, 2.75) is 31.2 Å². The van der Waals surface area contributed by atoms with Gasteiger partial charge in [-0.15, -0.1) is 0 Å². The first-order valence-corrected chi connectivity index (χ1v) is 11.1. The zero-order valence-electron chi connectivity index (χ0n) is 18.4. The Labute approximate surface area is 184 Å². The lowest BCUT2D eigenvalue weighted by Crippen LogP contribution is -2.48. The first kappa shape index (κ1) is 21.7. The van der Waals surface area contributed by atoms with E-state index in [9.17, 15) is 4.79 Å². The maximum absolute atomic E-state index is 13.6. The summed E-state index contributed by atoms with van der Waals surface area (Å²) >= 11 is 0. The molecule has 4 rings (SSSR count). The molecule has 2 aliphatic rings. The van der Waals surface area contributed by atoms with Crippen molar-refractivity contribution >= 4 is 11.6 Å². The van der Waals surface area contributed by atoms with Gasteiger partial charge in [0.2, 0.25) is 5.91 Å². The van der Waals surface area contributed by atoms with Gasteiger partial charge in [-0.1, -0.05) is 24.3 Å². The summed E-state index contributed by atoms with van der Waals surface area (Å²) in [5.41, 5.74) is 2.74. The predicted octanol–water partition coefficient (Wildman–Crippen LogP) is 3.46. The van der Waals surface area contributed by atoms with Gasteiger partial charge >= 0.3 is 0 Å². The summed E-state index contributed by atoms with van der Waals surface area (Å²) in [6.07, 6.45) is 1.35. The summed E-state index contributed by atoms with van der Waals surface area (Å²) in [5.74, 6) is 0.853. The maximum Gasteiger partial charge on any atom is 0.231 e. The van der Waals surface area contributed by atoms with Crippen LogP contribution in [-0.4, -0.2) is 52.5 Å². The third-order valence-corrected chi connectivity index (χ3v) is 6.54. The van der Waals surface area contributed by atoms with Gasteiger partial charge in [-0.05, 0) is 55.2 Å². The fourth-order valence-electron chi connectivity index (χ4n) is 4.49. The van der Waals surface area contributed by atoms with Crippen LogP contribution in [0.3, 0.4) is 0 Å². The Bertz CT molecular complexity index is 854. The van der Waals surface area contributed by atoms with Crippen molar-refractivity contribution in [2.24, 2.45) is 0 Å². The first-order chi connectivity index (χ1) is 15.1. The van der Waals surface area contributed by atoms with Crippen LogP contribution in [-0.2, 0) is 19.7 Å². The lowest BCUT2D eigenvalue weighted by Gasteiger charge is -2.37. The number of methoxy groups -OCH3 is 1. The highest BCUT2D eigenvalue weighted by molar-refractivity contribution is 5.88. The molecule has 166 valence electrons. The summed E-state index contributed by atoms with van der Waals surface area (Å²) < 4.78 is 16.3. The van der Waals surface area contributed by atoms with Gasteiger partial charge in [0.05, 0.1) is 31.8 Å². The number of morpholine rings is 1. The van der Waals surface area contributed by atoms with E-state index in [2.05, 4.69) is 34.5 Å². The molecule has 0 bridgehead atoms. The number of rotatable bonds is 6. The van der Waals surface area contributed by atoms with E-state index in [1.807, 2.05) is 31.2 Å². The van der Waals surface area contributed by atoms with Crippen molar-refractivity contribution in [3.63, 3.8) is 0 Å². The van der Waals surface area contributed by atoms with Crippen LogP contribution in [0, 0.1) is 0 Å². The van der Waals surface area contributed by atoms with Crippen molar-refractivity contribution in [3.8, 4) is 5.75 Å². The molecule has 0 aliphatic carbocycles. The van der Waals surface area contributed by atoms with Crippen molar-refractivity contribution in [3.05, 3.63) is 59.7 Å². The van der Waals surface area contributed by atoms with Gasteiger partial charge in [0.1, 0.15) is 5.75 Å². The van der Waals surface area contributed by atoms with Crippen LogP contribution < -0.4 is 15.0 Å². The zero-order chi connectivity index (χ0) is 21.7. The Morgan fingerprint density at radius 1 is 0.968 bits per heavy atom. The van der Waals surface area contributed by atoms with Crippen LogP contribution in [0.15, 0.2) is 48.5 Å². The van der Waals surface area contributed by atoms with Gasteiger partial charge in [-0.25, -0.2) is 0 Å². The minimum absolute atomic E-state index is 0.0609. The zero-order valence-corrected chi connectivity index (χ0v) is 18.4.